The molecule has 0 aliphatic carbocycles. The van der Waals surface area contributed by atoms with Crippen LogP contribution in [0.4, 0.5) is 5.69 Å². The average molecular weight is 407 g/mol. The number of nitrogens with zero attached hydrogens (tertiary/aromatic N) is 1. The van der Waals surface area contributed by atoms with E-state index in [2.05, 4.69) is 5.32 Å². The number of carbonyl (C=O) groups is 1. The van der Waals surface area contributed by atoms with E-state index in [0.29, 0.717) is 22.2 Å². The summed E-state index contributed by atoms with van der Waals surface area (Å²) in [5.41, 5.74) is 4.62. The van der Waals surface area contributed by atoms with Gasteiger partial charge in [0.25, 0.3) is 0 Å². The van der Waals surface area contributed by atoms with Crippen molar-refractivity contribution in [3.8, 4) is 5.75 Å². The molecule has 0 spiro atoms. The van der Waals surface area contributed by atoms with Gasteiger partial charge in [-0.1, -0.05) is 23.7 Å². The van der Waals surface area contributed by atoms with Crippen molar-refractivity contribution in [3.05, 3.63) is 88.3 Å². The molecule has 29 heavy (non-hydrogen) atoms. The monoisotopic (exact) mass is 406 g/mol. The van der Waals surface area contributed by atoms with E-state index in [1.165, 1.54) is 11.6 Å². The van der Waals surface area contributed by atoms with Gasteiger partial charge in [-0.3, -0.25) is 9.79 Å². The van der Waals surface area contributed by atoms with Crippen LogP contribution in [0.15, 0.2) is 70.3 Å². The Hall–Kier alpha value is -3.31. The Morgan fingerprint density at radius 2 is 2.14 bits per heavy atom. The van der Waals surface area contributed by atoms with Crippen molar-refractivity contribution in [2.24, 2.45) is 4.99 Å². The van der Waals surface area contributed by atoms with Crippen molar-refractivity contribution < 1.29 is 13.9 Å². The third-order valence-corrected chi connectivity index (χ3v) is 4.89. The number of hydrogen-bond acceptors (Lipinski definition) is 4. The summed E-state index contributed by atoms with van der Waals surface area (Å²) in [6.07, 6.45) is 5.46. The standard InChI is InChI=1S/C23H19ClN2O3/c1-28-21-13-16(23-19-14-17(24)6-4-15(19)10-11-25-23)5-8-20(21)26-22(27)9-7-18-3-2-12-29-18/h2-9,12-14H,10-11H2,1H3,(H,26,27). The summed E-state index contributed by atoms with van der Waals surface area (Å²) in [7, 11) is 1.57. The van der Waals surface area contributed by atoms with E-state index in [-0.39, 0.29) is 5.91 Å². The summed E-state index contributed by atoms with van der Waals surface area (Å²) in [4.78, 5) is 16.9. The minimum atomic E-state index is -0.278. The highest BCUT2D eigenvalue weighted by molar-refractivity contribution is 6.31. The van der Waals surface area contributed by atoms with Gasteiger partial charge in [0.05, 0.1) is 24.8 Å². The van der Waals surface area contributed by atoms with Gasteiger partial charge >= 0.3 is 0 Å². The van der Waals surface area contributed by atoms with Gasteiger partial charge in [0, 0.05) is 28.8 Å². The minimum absolute atomic E-state index is 0.278. The first-order valence-corrected chi connectivity index (χ1v) is 9.56. The molecule has 0 saturated carbocycles. The van der Waals surface area contributed by atoms with E-state index < -0.39 is 0 Å². The maximum atomic E-state index is 12.2. The van der Waals surface area contributed by atoms with Crippen LogP contribution in [0, 0.1) is 0 Å². The molecular formula is C23H19ClN2O3. The van der Waals surface area contributed by atoms with Crippen LogP contribution in [0.5, 0.6) is 5.75 Å². The molecule has 0 saturated heterocycles. The lowest BCUT2D eigenvalue weighted by Gasteiger charge is -2.19. The first kappa shape index (κ1) is 19.0. The average Bonchev–Trinajstić information content (AvgIpc) is 3.26. The highest BCUT2D eigenvalue weighted by Crippen LogP contribution is 2.30. The Morgan fingerprint density at radius 1 is 1.24 bits per heavy atom. The van der Waals surface area contributed by atoms with E-state index in [0.717, 1.165) is 29.8 Å². The zero-order valence-electron chi connectivity index (χ0n) is 15.8. The van der Waals surface area contributed by atoms with Gasteiger partial charge in [-0.15, -0.1) is 0 Å². The second kappa shape index (κ2) is 8.37. The highest BCUT2D eigenvalue weighted by Gasteiger charge is 2.18. The Bertz CT molecular complexity index is 1100. The van der Waals surface area contributed by atoms with E-state index in [4.69, 9.17) is 25.7 Å². The normalized spacial score (nSPS) is 13.1. The van der Waals surface area contributed by atoms with E-state index in [9.17, 15) is 4.79 Å². The van der Waals surface area contributed by atoms with Crippen molar-refractivity contribution in [3.63, 3.8) is 0 Å². The summed E-state index contributed by atoms with van der Waals surface area (Å²) < 4.78 is 10.7. The predicted molar refractivity (Wildman–Crippen MR) is 115 cm³/mol. The number of furan rings is 1. The quantitative estimate of drug-likeness (QED) is 0.607. The fraction of sp³-hybridized carbons (Fsp3) is 0.130. The maximum absolute atomic E-state index is 12.2. The lowest BCUT2D eigenvalue weighted by atomic mass is 9.93. The van der Waals surface area contributed by atoms with Gasteiger partial charge in [-0.25, -0.2) is 0 Å². The number of nitrogens with one attached hydrogen (secondary N) is 1. The lowest BCUT2D eigenvalue weighted by molar-refractivity contribution is -0.111. The molecule has 0 fully saturated rings. The molecular weight excluding hydrogens is 388 g/mol. The van der Waals surface area contributed by atoms with E-state index in [1.807, 2.05) is 36.4 Å². The fourth-order valence-electron chi connectivity index (χ4n) is 3.27. The summed E-state index contributed by atoms with van der Waals surface area (Å²) in [6.45, 7) is 0.725. The molecule has 0 atom stereocenters. The summed E-state index contributed by atoms with van der Waals surface area (Å²) in [5, 5.41) is 3.51. The van der Waals surface area contributed by atoms with Gasteiger partial charge < -0.3 is 14.5 Å². The first-order chi connectivity index (χ1) is 14.1. The Balaban J connectivity index is 1.58. The number of fused-ring (bicyclic) bond motifs is 1. The molecule has 2 heterocycles. The molecule has 1 N–H and O–H groups in total. The topological polar surface area (TPSA) is 63.8 Å². The number of methoxy groups -OCH3 is 1. The molecule has 0 unspecified atom stereocenters. The molecule has 0 bridgehead atoms. The summed E-state index contributed by atoms with van der Waals surface area (Å²) >= 11 is 6.20. The van der Waals surface area contributed by atoms with Gasteiger partial charge in [0.1, 0.15) is 11.5 Å². The summed E-state index contributed by atoms with van der Waals surface area (Å²) in [5.74, 6) is 0.883. The molecule has 4 rings (SSSR count). The zero-order chi connectivity index (χ0) is 20.2. The molecule has 1 aliphatic heterocycles. The van der Waals surface area contributed by atoms with E-state index in [1.54, 1.807) is 31.6 Å². The fourth-order valence-corrected chi connectivity index (χ4v) is 3.44. The van der Waals surface area contributed by atoms with Crippen molar-refractivity contribution in [2.45, 2.75) is 6.42 Å². The number of anilines is 1. The highest BCUT2D eigenvalue weighted by atomic mass is 35.5. The molecule has 5 nitrogen and oxygen atoms in total. The number of benzene rings is 2. The van der Waals surface area contributed by atoms with Crippen LogP contribution >= 0.6 is 11.6 Å². The minimum Gasteiger partial charge on any atom is -0.495 e. The zero-order valence-corrected chi connectivity index (χ0v) is 16.6. The number of rotatable bonds is 5. The Labute approximate surface area is 173 Å². The first-order valence-electron chi connectivity index (χ1n) is 9.18. The van der Waals surface area contributed by atoms with Crippen LogP contribution in [0.3, 0.4) is 0 Å². The van der Waals surface area contributed by atoms with Gasteiger partial charge in [-0.2, -0.15) is 0 Å². The van der Waals surface area contributed by atoms with Crippen LogP contribution in [-0.2, 0) is 11.2 Å². The van der Waals surface area contributed by atoms with Crippen molar-refractivity contribution in [1.29, 1.82) is 0 Å². The number of hydrogen-bond donors (Lipinski definition) is 1. The van der Waals surface area contributed by atoms with Crippen molar-refractivity contribution in [2.75, 3.05) is 19.0 Å². The maximum Gasteiger partial charge on any atom is 0.248 e. The van der Waals surface area contributed by atoms with Crippen LogP contribution in [0.1, 0.15) is 22.5 Å². The number of halogens is 1. The van der Waals surface area contributed by atoms with Crippen LogP contribution in [-0.4, -0.2) is 25.3 Å². The van der Waals surface area contributed by atoms with Gasteiger partial charge in [-0.05, 0) is 54.5 Å². The molecule has 2 aromatic carbocycles. The smallest absolute Gasteiger partial charge is 0.248 e. The number of aliphatic imine (C=N–C) groups is 1. The SMILES string of the molecule is COc1cc(C2=NCCc3ccc(Cl)cc32)ccc1NC(=O)C=Cc1ccco1. The van der Waals surface area contributed by atoms with E-state index >= 15 is 0 Å². The van der Waals surface area contributed by atoms with Gasteiger partial charge in [0.2, 0.25) is 5.91 Å². The molecule has 3 aromatic rings. The molecule has 1 aromatic heterocycles. The van der Waals surface area contributed by atoms with Crippen molar-refractivity contribution in [1.82, 2.24) is 0 Å². The van der Waals surface area contributed by atoms with Crippen LogP contribution < -0.4 is 10.1 Å². The van der Waals surface area contributed by atoms with Crippen LogP contribution in [0.25, 0.3) is 6.08 Å². The molecule has 146 valence electrons. The van der Waals surface area contributed by atoms with Crippen molar-refractivity contribution >= 4 is 35.0 Å². The van der Waals surface area contributed by atoms with Gasteiger partial charge in [0.15, 0.2) is 0 Å². The second-order valence-electron chi connectivity index (χ2n) is 6.53. The number of ether oxygens (including phenoxy) is 1. The second-order valence-corrected chi connectivity index (χ2v) is 6.97. The summed E-state index contributed by atoms with van der Waals surface area (Å²) in [6, 6.07) is 15.0. The number of amides is 1. The molecule has 6 heteroatoms. The molecule has 1 amide bonds. The third kappa shape index (κ3) is 4.25. The molecule has 1 aliphatic rings. The Morgan fingerprint density at radius 3 is 2.93 bits per heavy atom. The molecule has 0 radical (unpaired) electrons. The lowest BCUT2D eigenvalue weighted by Crippen LogP contribution is -2.15. The van der Waals surface area contributed by atoms with Crippen LogP contribution in [0.2, 0.25) is 5.02 Å². The Kier molecular flexibility index (Phi) is 5.49. The third-order valence-electron chi connectivity index (χ3n) is 4.65. The number of carbonyl (C=O) groups excluding carboxylic acids is 1. The largest absolute Gasteiger partial charge is 0.495 e. The predicted octanol–water partition coefficient (Wildman–Crippen LogP) is 4.99.